The van der Waals surface area contributed by atoms with E-state index in [0.717, 1.165) is 11.1 Å². The topological polar surface area (TPSA) is 119 Å². The summed E-state index contributed by atoms with van der Waals surface area (Å²) in [5, 5.41) is 30.1. The van der Waals surface area contributed by atoms with Crippen LogP contribution in [0.4, 0.5) is 0 Å². The van der Waals surface area contributed by atoms with Crippen LogP contribution in [0.1, 0.15) is 25.3 Å². The minimum atomic E-state index is -1.66. The first-order valence-electron chi connectivity index (χ1n) is 9.77. The Morgan fingerprint density at radius 2 is 1.80 bits per heavy atom. The predicted molar refractivity (Wildman–Crippen MR) is 111 cm³/mol. The Bertz CT molecular complexity index is 1020. The van der Waals surface area contributed by atoms with Crippen LogP contribution < -0.4 is 15.2 Å². The average molecular weight is 403 g/mol. The van der Waals surface area contributed by atoms with Crippen molar-refractivity contribution in [2.75, 3.05) is 27.3 Å². The smallest absolute Gasteiger partial charge is 0.191 e. The second-order valence-electron chi connectivity index (χ2n) is 7.84. The quantitative estimate of drug-likeness (QED) is 0.821. The lowest BCUT2D eigenvalue weighted by Gasteiger charge is -2.46. The number of hydrogen-bond acceptors (Lipinski definition) is 7. The van der Waals surface area contributed by atoms with Gasteiger partial charge < -0.3 is 15.2 Å². The average Bonchev–Trinajstić information content (AvgIpc) is 2.77. The second kappa shape index (κ2) is 8.11. The van der Waals surface area contributed by atoms with E-state index in [1.165, 1.54) is 0 Å². The van der Waals surface area contributed by atoms with Crippen molar-refractivity contribution >= 4 is 0 Å². The predicted octanol–water partition coefficient (Wildman–Crippen LogP) is 2.84. The van der Waals surface area contributed by atoms with E-state index < -0.39 is 11.3 Å². The van der Waals surface area contributed by atoms with Crippen LogP contribution in [0.25, 0.3) is 0 Å². The van der Waals surface area contributed by atoms with E-state index in [2.05, 4.69) is 37.0 Å². The van der Waals surface area contributed by atoms with Gasteiger partial charge in [0.1, 0.15) is 6.07 Å². The molecule has 2 atom stereocenters. The molecule has 2 aliphatic rings. The van der Waals surface area contributed by atoms with Gasteiger partial charge >= 0.3 is 0 Å². The maximum Gasteiger partial charge on any atom is 0.191 e. The number of hydrogen-bond donors (Lipinski definition) is 1. The number of nitrogens with zero attached hydrogens (tertiary/aromatic N) is 4. The van der Waals surface area contributed by atoms with E-state index in [-0.39, 0.29) is 23.2 Å². The highest BCUT2D eigenvalue weighted by molar-refractivity contribution is 5.60. The van der Waals surface area contributed by atoms with Gasteiger partial charge in [0.05, 0.1) is 37.6 Å². The minimum Gasteiger partial charge on any atom is -0.493 e. The Hall–Kier alpha value is -3.47. The van der Waals surface area contributed by atoms with Crippen molar-refractivity contribution in [3.05, 3.63) is 46.7 Å². The second-order valence-corrected chi connectivity index (χ2v) is 7.84. The summed E-state index contributed by atoms with van der Waals surface area (Å²) in [5.74, 6) is 0.272. The van der Waals surface area contributed by atoms with Gasteiger partial charge in [-0.05, 0) is 37.1 Å². The molecule has 3 rings (SSSR count). The van der Waals surface area contributed by atoms with E-state index >= 15 is 0 Å². The molecule has 2 unspecified atom stereocenters. The maximum absolute atomic E-state index is 10.2. The number of nitriles is 3. The van der Waals surface area contributed by atoms with Crippen LogP contribution in [0.15, 0.2) is 41.1 Å². The third kappa shape index (κ3) is 3.07. The summed E-state index contributed by atoms with van der Waals surface area (Å²) in [7, 11) is 3.09. The fourth-order valence-electron chi connectivity index (χ4n) is 4.55. The summed E-state index contributed by atoms with van der Waals surface area (Å²) in [6.45, 7) is 5.51. The molecule has 0 amide bonds. The van der Waals surface area contributed by atoms with Crippen molar-refractivity contribution in [1.82, 2.24) is 4.90 Å². The first kappa shape index (κ1) is 21.2. The fraction of sp³-hybridized carbons (Fsp3) is 0.435. The molecule has 1 aromatic carbocycles. The number of fused-ring (bicyclic) bond motifs is 1. The molecular weight excluding hydrogens is 378 g/mol. The molecule has 0 bridgehead atoms. The molecule has 1 heterocycles. The zero-order chi connectivity index (χ0) is 22.1. The van der Waals surface area contributed by atoms with E-state index in [9.17, 15) is 15.8 Å². The fourth-order valence-corrected chi connectivity index (χ4v) is 4.55. The molecule has 0 radical (unpaired) electrons. The van der Waals surface area contributed by atoms with Crippen molar-refractivity contribution in [1.29, 1.82) is 15.8 Å². The van der Waals surface area contributed by atoms with Gasteiger partial charge in [-0.2, -0.15) is 15.8 Å². The summed E-state index contributed by atoms with van der Waals surface area (Å²) >= 11 is 0. The zero-order valence-corrected chi connectivity index (χ0v) is 17.6. The lowest BCUT2D eigenvalue weighted by Crippen LogP contribution is -2.49. The number of rotatable bonds is 4. The van der Waals surface area contributed by atoms with E-state index in [0.29, 0.717) is 24.6 Å². The molecular formula is C23H25N5O2. The van der Waals surface area contributed by atoms with Gasteiger partial charge in [-0.25, -0.2) is 0 Å². The van der Waals surface area contributed by atoms with Crippen LogP contribution >= 0.6 is 0 Å². The zero-order valence-electron chi connectivity index (χ0n) is 17.6. The lowest BCUT2D eigenvalue weighted by atomic mass is 9.58. The molecule has 0 aromatic heterocycles. The number of benzene rings is 1. The standard InChI is InChI=1S/C23H25N5O2/c1-14(2)28-8-7-16-17(10-24)22(27)23(12-25,13-26)21(18(16)11-28)15-5-6-19(29-3)20(9-15)30-4/h5-7,9,14,18,21H,8,11,27H2,1-4H3. The normalized spacial score (nSPS) is 22.9. The molecule has 0 saturated carbocycles. The Kier molecular flexibility index (Phi) is 5.74. The van der Waals surface area contributed by atoms with Crippen LogP contribution in [-0.4, -0.2) is 38.3 Å². The summed E-state index contributed by atoms with van der Waals surface area (Å²) < 4.78 is 10.8. The number of nitrogens with two attached hydrogens (primary N) is 1. The first-order chi connectivity index (χ1) is 14.4. The van der Waals surface area contributed by atoms with Gasteiger partial charge in [0.2, 0.25) is 0 Å². The highest BCUT2D eigenvalue weighted by Gasteiger charge is 2.54. The molecule has 7 heteroatoms. The molecule has 0 fully saturated rings. The van der Waals surface area contributed by atoms with Crippen LogP contribution in [0, 0.1) is 45.3 Å². The third-order valence-corrected chi connectivity index (χ3v) is 6.19. The Morgan fingerprint density at radius 1 is 1.13 bits per heavy atom. The Morgan fingerprint density at radius 3 is 2.33 bits per heavy atom. The van der Waals surface area contributed by atoms with Gasteiger partial charge in [-0.3, -0.25) is 4.90 Å². The summed E-state index contributed by atoms with van der Waals surface area (Å²) in [5.41, 5.74) is 6.52. The number of allylic oxidation sites excluding steroid dienone is 2. The van der Waals surface area contributed by atoms with Gasteiger partial charge in [-0.1, -0.05) is 12.1 Å². The van der Waals surface area contributed by atoms with Crippen molar-refractivity contribution in [2.45, 2.75) is 25.8 Å². The van der Waals surface area contributed by atoms with Crippen molar-refractivity contribution in [3.8, 4) is 29.7 Å². The number of ether oxygens (including phenoxy) is 2. The monoisotopic (exact) mass is 403 g/mol. The first-order valence-corrected chi connectivity index (χ1v) is 9.77. The molecule has 7 nitrogen and oxygen atoms in total. The Balaban J connectivity index is 2.30. The highest BCUT2D eigenvalue weighted by atomic mass is 16.5. The molecule has 154 valence electrons. The molecule has 2 N–H and O–H groups in total. The van der Waals surface area contributed by atoms with E-state index in [1.807, 2.05) is 12.1 Å². The van der Waals surface area contributed by atoms with Crippen molar-refractivity contribution in [3.63, 3.8) is 0 Å². The van der Waals surface area contributed by atoms with E-state index in [4.69, 9.17) is 15.2 Å². The molecule has 1 aliphatic carbocycles. The molecule has 1 aliphatic heterocycles. The summed E-state index contributed by atoms with van der Waals surface area (Å²) in [4.78, 5) is 2.26. The molecule has 0 saturated heterocycles. The van der Waals surface area contributed by atoms with Gasteiger partial charge in [0, 0.05) is 31.0 Å². The summed E-state index contributed by atoms with van der Waals surface area (Å²) in [6, 6.07) is 12.2. The van der Waals surface area contributed by atoms with Crippen LogP contribution in [0.2, 0.25) is 0 Å². The SMILES string of the molecule is COc1ccc(C2C3CN(C(C)C)CC=C3C(C#N)=C(N)C2(C#N)C#N)cc1OC. The van der Waals surface area contributed by atoms with Gasteiger partial charge in [0.15, 0.2) is 16.9 Å². The number of methoxy groups -OCH3 is 2. The molecule has 1 aromatic rings. The van der Waals surface area contributed by atoms with Gasteiger partial charge in [-0.15, -0.1) is 0 Å². The van der Waals surface area contributed by atoms with Crippen molar-refractivity contribution < 1.29 is 9.47 Å². The van der Waals surface area contributed by atoms with Gasteiger partial charge in [0.25, 0.3) is 0 Å². The highest BCUT2D eigenvalue weighted by Crippen LogP contribution is 2.54. The Labute approximate surface area is 177 Å². The van der Waals surface area contributed by atoms with Crippen molar-refractivity contribution in [2.24, 2.45) is 17.1 Å². The minimum absolute atomic E-state index is 0.0234. The largest absolute Gasteiger partial charge is 0.493 e. The van der Waals surface area contributed by atoms with Crippen LogP contribution in [-0.2, 0) is 0 Å². The lowest BCUT2D eigenvalue weighted by molar-refractivity contribution is 0.174. The molecule has 30 heavy (non-hydrogen) atoms. The maximum atomic E-state index is 10.2. The van der Waals surface area contributed by atoms with E-state index in [1.54, 1.807) is 26.4 Å². The molecule has 0 spiro atoms. The van der Waals surface area contributed by atoms with Crippen LogP contribution in [0.5, 0.6) is 11.5 Å². The van der Waals surface area contributed by atoms with Crippen LogP contribution in [0.3, 0.4) is 0 Å². The summed E-state index contributed by atoms with van der Waals surface area (Å²) in [6.07, 6.45) is 2.01. The third-order valence-electron chi connectivity index (χ3n) is 6.19.